The Bertz CT molecular complexity index is 290. The van der Waals surface area contributed by atoms with Gasteiger partial charge in [0.25, 0.3) is 0 Å². The number of rotatable bonds is 4. The zero-order valence-electron chi connectivity index (χ0n) is 10.3. The lowest BCUT2D eigenvalue weighted by Crippen LogP contribution is -2.21. The Labute approximate surface area is 92.9 Å². The highest BCUT2D eigenvalue weighted by Gasteiger charge is 2.12. The third kappa shape index (κ3) is 3.05. The molecule has 0 aliphatic rings. The van der Waals surface area contributed by atoms with Crippen LogP contribution in [0.5, 0.6) is 0 Å². The summed E-state index contributed by atoms with van der Waals surface area (Å²) in [6, 6.07) is 8.64. The van der Waals surface area contributed by atoms with E-state index in [1.54, 1.807) is 7.11 Å². The average molecular weight is 207 g/mol. The molecule has 0 saturated heterocycles. The van der Waals surface area contributed by atoms with E-state index >= 15 is 0 Å². The molecule has 0 saturated carbocycles. The molecule has 1 aromatic carbocycles. The molecule has 0 spiro atoms. The third-order valence-electron chi connectivity index (χ3n) is 2.58. The highest BCUT2D eigenvalue weighted by Crippen LogP contribution is 2.21. The number of benzene rings is 1. The molecule has 2 heteroatoms. The minimum atomic E-state index is 0.0474. The average Bonchev–Trinajstić information content (AvgIpc) is 2.19. The second-order valence-electron chi connectivity index (χ2n) is 4.37. The summed E-state index contributed by atoms with van der Waals surface area (Å²) in [5.74, 6) is 0.583. The molecule has 0 heterocycles. The van der Waals surface area contributed by atoms with Crippen molar-refractivity contribution in [2.75, 3.05) is 21.2 Å². The Morgan fingerprint density at radius 1 is 1.00 bits per heavy atom. The summed E-state index contributed by atoms with van der Waals surface area (Å²) in [6.07, 6.45) is 0.0474. The van der Waals surface area contributed by atoms with Gasteiger partial charge in [0.1, 0.15) is 6.23 Å². The molecule has 0 N–H and O–H groups in total. The second kappa shape index (κ2) is 5.29. The van der Waals surface area contributed by atoms with Gasteiger partial charge in [-0.1, -0.05) is 38.1 Å². The molecule has 1 rings (SSSR count). The van der Waals surface area contributed by atoms with Crippen LogP contribution in [-0.4, -0.2) is 26.1 Å². The van der Waals surface area contributed by atoms with Crippen molar-refractivity contribution in [2.24, 2.45) is 0 Å². The summed E-state index contributed by atoms with van der Waals surface area (Å²) in [5, 5.41) is 0. The molecule has 0 aliphatic carbocycles. The fraction of sp³-hybridized carbons (Fsp3) is 0.538. The van der Waals surface area contributed by atoms with Gasteiger partial charge in [0.05, 0.1) is 0 Å². The van der Waals surface area contributed by atoms with E-state index in [-0.39, 0.29) is 6.23 Å². The first kappa shape index (κ1) is 12.2. The van der Waals surface area contributed by atoms with Gasteiger partial charge in [0, 0.05) is 7.11 Å². The van der Waals surface area contributed by atoms with Crippen LogP contribution < -0.4 is 0 Å². The fourth-order valence-electron chi connectivity index (χ4n) is 1.69. The summed E-state index contributed by atoms with van der Waals surface area (Å²) >= 11 is 0. The van der Waals surface area contributed by atoms with Crippen LogP contribution in [-0.2, 0) is 4.74 Å². The summed E-state index contributed by atoms with van der Waals surface area (Å²) in [6.45, 7) is 4.41. The van der Waals surface area contributed by atoms with E-state index in [4.69, 9.17) is 4.74 Å². The molecule has 0 aromatic heterocycles. The maximum absolute atomic E-state index is 5.42. The number of hydrogen-bond acceptors (Lipinski definition) is 2. The third-order valence-corrected chi connectivity index (χ3v) is 2.58. The Hall–Kier alpha value is -0.860. The molecule has 0 bridgehead atoms. The molecule has 15 heavy (non-hydrogen) atoms. The van der Waals surface area contributed by atoms with Crippen molar-refractivity contribution in [1.82, 2.24) is 4.90 Å². The molecule has 84 valence electrons. The van der Waals surface area contributed by atoms with Gasteiger partial charge in [-0.3, -0.25) is 4.90 Å². The van der Waals surface area contributed by atoms with Crippen LogP contribution in [0.25, 0.3) is 0 Å². The fourth-order valence-corrected chi connectivity index (χ4v) is 1.69. The molecule has 0 radical (unpaired) electrons. The van der Waals surface area contributed by atoms with Crippen LogP contribution in [0, 0.1) is 0 Å². The zero-order chi connectivity index (χ0) is 11.4. The SMILES string of the molecule is COC(c1ccc(C(C)C)cc1)N(C)C. The van der Waals surface area contributed by atoms with E-state index in [1.807, 2.05) is 14.1 Å². The smallest absolute Gasteiger partial charge is 0.135 e. The first-order chi connectivity index (χ1) is 7.06. The number of nitrogens with zero attached hydrogens (tertiary/aromatic N) is 1. The lowest BCUT2D eigenvalue weighted by atomic mass is 10.0. The molecule has 1 aromatic rings. The maximum Gasteiger partial charge on any atom is 0.135 e. The van der Waals surface area contributed by atoms with E-state index in [0.29, 0.717) is 5.92 Å². The first-order valence-corrected chi connectivity index (χ1v) is 5.35. The molecule has 0 amide bonds. The maximum atomic E-state index is 5.42. The van der Waals surface area contributed by atoms with Crippen LogP contribution in [0.2, 0.25) is 0 Å². The van der Waals surface area contributed by atoms with E-state index in [2.05, 4.69) is 43.0 Å². The summed E-state index contributed by atoms with van der Waals surface area (Å²) in [5.41, 5.74) is 2.57. The zero-order valence-corrected chi connectivity index (χ0v) is 10.3. The summed E-state index contributed by atoms with van der Waals surface area (Å²) < 4.78 is 5.42. The predicted octanol–water partition coefficient (Wildman–Crippen LogP) is 3.02. The minimum Gasteiger partial charge on any atom is -0.362 e. The van der Waals surface area contributed by atoms with Gasteiger partial charge >= 0.3 is 0 Å². The Balaban J connectivity index is 2.87. The van der Waals surface area contributed by atoms with Crippen LogP contribution in [0.4, 0.5) is 0 Å². The predicted molar refractivity (Wildman–Crippen MR) is 64.0 cm³/mol. The monoisotopic (exact) mass is 207 g/mol. The molecule has 0 fully saturated rings. The highest BCUT2D eigenvalue weighted by atomic mass is 16.5. The van der Waals surface area contributed by atoms with Gasteiger partial charge in [0.15, 0.2) is 0 Å². The van der Waals surface area contributed by atoms with Crippen LogP contribution in [0.3, 0.4) is 0 Å². The topological polar surface area (TPSA) is 12.5 Å². The molecule has 0 aliphatic heterocycles. The van der Waals surface area contributed by atoms with Crippen molar-refractivity contribution in [2.45, 2.75) is 26.0 Å². The van der Waals surface area contributed by atoms with Crippen molar-refractivity contribution in [3.05, 3.63) is 35.4 Å². The first-order valence-electron chi connectivity index (χ1n) is 5.35. The highest BCUT2D eigenvalue weighted by molar-refractivity contribution is 5.25. The van der Waals surface area contributed by atoms with Crippen LogP contribution in [0.1, 0.15) is 37.1 Å². The molecular formula is C13H21NO. The standard InChI is InChI=1S/C13H21NO/c1-10(2)11-6-8-12(9-7-11)13(15-5)14(3)4/h6-10,13H,1-5H3. The molecule has 1 atom stereocenters. The largest absolute Gasteiger partial charge is 0.362 e. The normalized spacial score (nSPS) is 13.5. The van der Waals surface area contributed by atoms with Gasteiger partial charge in [-0.25, -0.2) is 0 Å². The van der Waals surface area contributed by atoms with Gasteiger partial charge < -0.3 is 4.74 Å². The van der Waals surface area contributed by atoms with Crippen LogP contribution >= 0.6 is 0 Å². The minimum absolute atomic E-state index is 0.0474. The van der Waals surface area contributed by atoms with Crippen molar-refractivity contribution in [1.29, 1.82) is 0 Å². The van der Waals surface area contributed by atoms with Gasteiger partial charge in [-0.05, 0) is 31.1 Å². The van der Waals surface area contributed by atoms with Crippen molar-refractivity contribution < 1.29 is 4.74 Å². The van der Waals surface area contributed by atoms with E-state index < -0.39 is 0 Å². The lowest BCUT2D eigenvalue weighted by molar-refractivity contribution is -0.00541. The van der Waals surface area contributed by atoms with Crippen molar-refractivity contribution in [3.63, 3.8) is 0 Å². The quantitative estimate of drug-likeness (QED) is 0.704. The second-order valence-corrected chi connectivity index (χ2v) is 4.37. The number of ether oxygens (including phenoxy) is 1. The van der Waals surface area contributed by atoms with E-state index in [0.717, 1.165) is 0 Å². The lowest BCUT2D eigenvalue weighted by Gasteiger charge is -2.23. The van der Waals surface area contributed by atoms with Gasteiger partial charge in [-0.2, -0.15) is 0 Å². The summed E-state index contributed by atoms with van der Waals surface area (Å²) in [7, 11) is 5.77. The molecule has 2 nitrogen and oxygen atoms in total. The van der Waals surface area contributed by atoms with Gasteiger partial charge in [-0.15, -0.1) is 0 Å². The number of methoxy groups -OCH3 is 1. The Morgan fingerprint density at radius 2 is 1.47 bits per heavy atom. The number of hydrogen-bond donors (Lipinski definition) is 0. The Kier molecular flexibility index (Phi) is 4.30. The van der Waals surface area contributed by atoms with E-state index in [9.17, 15) is 0 Å². The van der Waals surface area contributed by atoms with Gasteiger partial charge in [0.2, 0.25) is 0 Å². The van der Waals surface area contributed by atoms with Crippen molar-refractivity contribution >= 4 is 0 Å². The summed E-state index contributed by atoms with van der Waals surface area (Å²) in [4.78, 5) is 2.06. The molecular weight excluding hydrogens is 186 g/mol. The van der Waals surface area contributed by atoms with E-state index in [1.165, 1.54) is 11.1 Å². The Morgan fingerprint density at radius 3 is 1.80 bits per heavy atom. The molecule has 1 unspecified atom stereocenters. The van der Waals surface area contributed by atoms with Crippen molar-refractivity contribution in [3.8, 4) is 0 Å². The van der Waals surface area contributed by atoms with Crippen LogP contribution in [0.15, 0.2) is 24.3 Å².